The number of likely N-dealkylation sites (N-methyl/N-ethyl adjacent to an activating group) is 1. The number of ether oxygens (including phenoxy) is 2. The normalized spacial score (nSPS) is 12.7. The van der Waals surface area contributed by atoms with Crippen LogP contribution in [0.3, 0.4) is 0 Å². The summed E-state index contributed by atoms with van der Waals surface area (Å²) < 4.78 is 10.9. The lowest BCUT2D eigenvalue weighted by Gasteiger charge is -2.27. The van der Waals surface area contributed by atoms with Crippen LogP contribution in [0.4, 0.5) is 15.4 Å². The van der Waals surface area contributed by atoms with Crippen LogP contribution in [0.1, 0.15) is 58.8 Å². The van der Waals surface area contributed by atoms with Gasteiger partial charge in [-0.05, 0) is 94.8 Å². The molecule has 0 aliphatic carbocycles. The number of carbonyl (C=O) groups excluding carboxylic acids is 2. The Hall–Kier alpha value is -4.34. The Bertz CT molecular complexity index is 1550. The van der Waals surface area contributed by atoms with E-state index < -0.39 is 29.5 Å². The fourth-order valence-corrected chi connectivity index (χ4v) is 4.50. The zero-order valence-corrected chi connectivity index (χ0v) is 25.9. The van der Waals surface area contributed by atoms with E-state index in [1.54, 1.807) is 47.6 Å². The molecule has 0 fully saturated rings. The van der Waals surface area contributed by atoms with Gasteiger partial charge >= 0.3 is 12.2 Å². The Morgan fingerprint density at radius 1 is 0.791 bits per heavy atom. The van der Waals surface area contributed by atoms with Gasteiger partial charge in [0.15, 0.2) is 5.82 Å². The Balaban J connectivity index is 1.47. The SMILES string of the molecule is CN(Cc1cccc(-c2ccc(N(C(=O)OC(C)(C)C)C(=O)OC(C)(C)C)nn2)c1)CC(O)c1ccc2ccccc2c1. The van der Waals surface area contributed by atoms with E-state index >= 15 is 0 Å². The van der Waals surface area contributed by atoms with Crippen LogP contribution in [-0.2, 0) is 16.0 Å². The van der Waals surface area contributed by atoms with Gasteiger partial charge in [0.2, 0.25) is 0 Å². The summed E-state index contributed by atoms with van der Waals surface area (Å²) in [5.74, 6) is -0.00850. The number of aromatic nitrogens is 2. The minimum Gasteiger partial charge on any atom is -0.443 e. The molecule has 226 valence electrons. The molecule has 0 bridgehead atoms. The second-order valence-corrected chi connectivity index (χ2v) is 12.6. The molecular weight excluding hydrogens is 544 g/mol. The minimum absolute atomic E-state index is 0.00850. The van der Waals surface area contributed by atoms with Crippen molar-refractivity contribution in [1.82, 2.24) is 15.1 Å². The fraction of sp³-hybridized carbons (Fsp3) is 0.353. The molecule has 0 saturated carbocycles. The molecule has 1 N–H and O–H groups in total. The van der Waals surface area contributed by atoms with E-state index in [1.807, 2.05) is 67.7 Å². The molecule has 1 atom stereocenters. The quantitative estimate of drug-likeness (QED) is 0.244. The molecule has 4 aromatic rings. The third-order valence-corrected chi connectivity index (χ3v) is 6.35. The van der Waals surface area contributed by atoms with Crippen molar-refractivity contribution in [3.63, 3.8) is 0 Å². The van der Waals surface area contributed by atoms with Crippen LogP contribution in [0.2, 0.25) is 0 Å². The van der Waals surface area contributed by atoms with Gasteiger partial charge in [-0.2, -0.15) is 4.90 Å². The number of amides is 2. The summed E-state index contributed by atoms with van der Waals surface area (Å²) >= 11 is 0. The van der Waals surface area contributed by atoms with Crippen molar-refractivity contribution >= 4 is 28.8 Å². The molecule has 0 aliphatic rings. The van der Waals surface area contributed by atoms with Crippen LogP contribution in [0.25, 0.3) is 22.0 Å². The second kappa shape index (κ2) is 12.9. The standard InChI is InChI=1S/C34H40N4O5/c1-33(2,3)42-31(40)38(32(41)43-34(4,5)6)30-18-17-28(35-36-30)26-14-10-11-23(19-26)21-37(7)22-29(39)27-16-15-24-12-8-9-13-25(24)20-27/h8-20,29,39H,21-22H2,1-7H3. The maximum absolute atomic E-state index is 12.9. The maximum atomic E-state index is 12.9. The van der Waals surface area contributed by atoms with E-state index in [-0.39, 0.29) is 5.82 Å². The number of fused-ring (bicyclic) bond motifs is 1. The lowest BCUT2D eigenvalue weighted by Crippen LogP contribution is -2.44. The Labute approximate surface area is 253 Å². The van der Waals surface area contributed by atoms with Gasteiger partial charge in [-0.3, -0.25) is 4.90 Å². The summed E-state index contributed by atoms with van der Waals surface area (Å²) in [6.07, 6.45) is -2.44. The molecule has 2 amide bonds. The number of carbonyl (C=O) groups is 2. The van der Waals surface area contributed by atoms with Crippen molar-refractivity contribution in [1.29, 1.82) is 0 Å². The largest absolute Gasteiger partial charge is 0.443 e. The Morgan fingerprint density at radius 2 is 1.44 bits per heavy atom. The smallest absolute Gasteiger partial charge is 0.425 e. The van der Waals surface area contributed by atoms with E-state index in [0.29, 0.717) is 18.8 Å². The highest BCUT2D eigenvalue weighted by atomic mass is 16.6. The summed E-state index contributed by atoms with van der Waals surface area (Å²) in [6, 6.07) is 25.2. The van der Waals surface area contributed by atoms with Crippen molar-refractivity contribution in [3.8, 4) is 11.3 Å². The van der Waals surface area contributed by atoms with Crippen LogP contribution in [0.15, 0.2) is 78.9 Å². The van der Waals surface area contributed by atoms with Crippen molar-refractivity contribution in [3.05, 3.63) is 90.0 Å². The first-order valence-corrected chi connectivity index (χ1v) is 14.2. The predicted molar refractivity (Wildman–Crippen MR) is 168 cm³/mol. The van der Waals surface area contributed by atoms with Gasteiger partial charge in [-0.15, -0.1) is 10.2 Å². The first-order valence-electron chi connectivity index (χ1n) is 14.2. The van der Waals surface area contributed by atoms with Crippen LogP contribution in [0, 0.1) is 0 Å². The molecule has 9 nitrogen and oxygen atoms in total. The summed E-state index contributed by atoms with van der Waals surface area (Å²) in [5, 5.41) is 21.6. The lowest BCUT2D eigenvalue weighted by atomic mass is 10.0. The average Bonchev–Trinajstić information content (AvgIpc) is 2.91. The number of rotatable bonds is 7. The van der Waals surface area contributed by atoms with Crippen LogP contribution >= 0.6 is 0 Å². The van der Waals surface area contributed by atoms with Crippen molar-refractivity contribution in [2.24, 2.45) is 0 Å². The highest BCUT2D eigenvalue weighted by Gasteiger charge is 2.33. The van der Waals surface area contributed by atoms with E-state index in [9.17, 15) is 14.7 Å². The predicted octanol–water partition coefficient (Wildman–Crippen LogP) is 7.14. The third kappa shape index (κ3) is 8.83. The third-order valence-electron chi connectivity index (χ3n) is 6.35. The topological polar surface area (TPSA) is 105 Å². The van der Waals surface area contributed by atoms with Crippen LogP contribution in [0.5, 0.6) is 0 Å². The molecule has 4 rings (SSSR count). The molecule has 9 heteroatoms. The van der Waals surface area contributed by atoms with Gasteiger partial charge in [0.1, 0.15) is 11.2 Å². The van der Waals surface area contributed by atoms with Crippen LogP contribution in [-0.4, -0.2) is 57.2 Å². The van der Waals surface area contributed by atoms with Gasteiger partial charge in [-0.1, -0.05) is 54.6 Å². The zero-order valence-electron chi connectivity index (χ0n) is 25.9. The molecular formula is C34H40N4O5. The maximum Gasteiger partial charge on any atom is 0.425 e. The number of hydrogen-bond donors (Lipinski definition) is 1. The van der Waals surface area contributed by atoms with Crippen molar-refractivity contribution in [2.45, 2.75) is 65.4 Å². The zero-order chi connectivity index (χ0) is 31.4. The highest BCUT2D eigenvalue weighted by Crippen LogP contribution is 2.25. The average molecular weight is 585 g/mol. The molecule has 3 aromatic carbocycles. The molecule has 0 spiro atoms. The van der Waals surface area contributed by atoms with Gasteiger partial charge in [0.25, 0.3) is 0 Å². The van der Waals surface area contributed by atoms with E-state index in [2.05, 4.69) is 21.2 Å². The number of anilines is 1. The lowest BCUT2D eigenvalue weighted by molar-refractivity contribution is 0.0428. The Morgan fingerprint density at radius 3 is 2.05 bits per heavy atom. The van der Waals surface area contributed by atoms with E-state index in [4.69, 9.17) is 9.47 Å². The van der Waals surface area contributed by atoms with Crippen molar-refractivity contribution < 1.29 is 24.2 Å². The van der Waals surface area contributed by atoms with E-state index in [0.717, 1.165) is 32.4 Å². The summed E-state index contributed by atoms with van der Waals surface area (Å²) in [7, 11) is 1.97. The number of nitrogens with zero attached hydrogens (tertiary/aromatic N) is 4. The molecule has 0 aliphatic heterocycles. The molecule has 1 heterocycles. The molecule has 1 aromatic heterocycles. The van der Waals surface area contributed by atoms with Gasteiger partial charge < -0.3 is 14.6 Å². The minimum atomic E-state index is -0.903. The molecule has 0 radical (unpaired) electrons. The van der Waals surface area contributed by atoms with Gasteiger partial charge in [0.05, 0.1) is 11.8 Å². The Kier molecular flexibility index (Phi) is 9.47. The fourth-order valence-electron chi connectivity index (χ4n) is 4.50. The monoisotopic (exact) mass is 584 g/mol. The summed E-state index contributed by atoms with van der Waals surface area (Å²) in [4.78, 5) is 28.7. The van der Waals surface area contributed by atoms with Gasteiger partial charge in [-0.25, -0.2) is 9.59 Å². The van der Waals surface area contributed by atoms with E-state index in [1.165, 1.54) is 6.07 Å². The molecule has 43 heavy (non-hydrogen) atoms. The van der Waals surface area contributed by atoms with Crippen molar-refractivity contribution in [2.75, 3.05) is 18.5 Å². The first kappa shape index (κ1) is 31.6. The number of aliphatic hydroxyl groups excluding tert-OH is 1. The highest BCUT2D eigenvalue weighted by molar-refractivity contribution is 6.08. The number of aliphatic hydroxyl groups is 1. The molecule has 1 unspecified atom stereocenters. The first-order chi connectivity index (χ1) is 20.2. The number of hydrogen-bond acceptors (Lipinski definition) is 8. The summed E-state index contributed by atoms with van der Waals surface area (Å²) in [6.45, 7) is 11.3. The van der Waals surface area contributed by atoms with Crippen LogP contribution < -0.4 is 4.90 Å². The summed E-state index contributed by atoms with van der Waals surface area (Å²) in [5.41, 5.74) is 1.63. The second-order valence-electron chi connectivity index (χ2n) is 12.6. The van der Waals surface area contributed by atoms with Gasteiger partial charge in [0, 0.05) is 18.7 Å². The molecule has 0 saturated heterocycles. The number of benzene rings is 3. The number of imide groups is 1.